The third-order valence-corrected chi connectivity index (χ3v) is 4.45. The number of nitrogens with one attached hydrogen (secondary N) is 1. The van der Waals surface area contributed by atoms with Gasteiger partial charge in [0, 0.05) is 43.2 Å². The summed E-state index contributed by atoms with van der Waals surface area (Å²) in [5.74, 6) is 0.672. The molecule has 0 spiro atoms. The Morgan fingerprint density at radius 2 is 2.15 bits per heavy atom. The molecule has 2 aliphatic rings. The van der Waals surface area contributed by atoms with Crippen LogP contribution >= 0.6 is 0 Å². The van der Waals surface area contributed by atoms with Gasteiger partial charge < -0.3 is 10.2 Å². The quantitative estimate of drug-likeness (QED) is 0.666. The number of aromatic nitrogens is 1. The molecular weight excluding hydrogens is 346 g/mol. The second-order valence-corrected chi connectivity index (χ2v) is 6.27. The number of pyridine rings is 1. The monoisotopic (exact) mass is 363 g/mol. The van der Waals surface area contributed by atoms with Gasteiger partial charge in [0.1, 0.15) is 5.82 Å². The van der Waals surface area contributed by atoms with E-state index in [1.807, 2.05) is 24.3 Å². The van der Waals surface area contributed by atoms with Gasteiger partial charge in [-0.3, -0.25) is 15.1 Å². The zero-order valence-electron chi connectivity index (χ0n) is 14.4. The number of hydrogen-bond donors (Lipinski definition) is 1. The number of rotatable bonds is 4. The van der Waals surface area contributed by atoms with Gasteiger partial charge in [-0.2, -0.15) is 0 Å². The smallest absolute Gasteiger partial charge is 0.330 e. The van der Waals surface area contributed by atoms with Crippen LogP contribution in [0.3, 0.4) is 0 Å². The van der Waals surface area contributed by atoms with E-state index < -0.39 is 4.92 Å². The van der Waals surface area contributed by atoms with Crippen molar-refractivity contribution < 1.29 is 9.72 Å². The van der Waals surface area contributed by atoms with Crippen LogP contribution in [0.2, 0.25) is 0 Å². The van der Waals surface area contributed by atoms with Crippen LogP contribution in [0, 0.1) is 10.1 Å². The van der Waals surface area contributed by atoms with Crippen LogP contribution in [0.1, 0.15) is 5.56 Å². The molecule has 8 nitrogen and oxygen atoms in total. The maximum atomic E-state index is 13.2. The summed E-state index contributed by atoms with van der Waals surface area (Å²) in [6, 6.07) is 9.61. The van der Waals surface area contributed by atoms with Crippen molar-refractivity contribution in [2.75, 3.05) is 18.0 Å². The first kappa shape index (κ1) is 16.8. The fourth-order valence-corrected chi connectivity index (χ4v) is 3.23. The maximum absolute atomic E-state index is 13.2. The van der Waals surface area contributed by atoms with E-state index in [2.05, 4.69) is 10.3 Å². The highest BCUT2D eigenvalue weighted by Gasteiger charge is 2.34. The third kappa shape index (κ3) is 3.24. The molecule has 136 valence electrons. The summed E-state index contributed by atoms with van der Waals surface area (Å²) in [6.07, 6.45) is 7.39. The van der Waals surface area contributed by atoms with Crippen molar-refractivity contribution in [1.82, 2.24) is 15.2 Å². The lowest BCUT2D eigenvalue weighted by Gasteiger charge is -2.39. The molecule has 0 aliphatic carbocycles. The average Bonchev–Trinajstić information content (AvgIpc) is 2.69. The van der Waals surface area contributed by atoms with Crippen molar-refractivity contribution in [2.45, 2.75) is 6.54 Å². The number of carbonyl (C=O) groups excluding carboxylic acids is 1. The Morgan fingerprint density at radius 1 is 1.26 bits per heavy atom. The second-order valence-electron chi connectivity index (χ2n) is 6.27. The zero-order chi connectivity index (χ0) is 18.8. The first-order valence-corrected chi connectivity index (χ1v) is 8.49. The number of anilines is 1. The Kier molecular flexibility index (Phi) is 4.29. The van der Waals surface area contributed by atoms with Crippen molar-refractivity contribution in [3.05, 3.63) is 88.0 Å². The van der Waals surface area contributed by atoms with Crippen LogP contribution in [-0.4, -0.2) is 33.9 Å². The Balaban J connectivity index is 1.73. The van der Waals surface area contributed by atoms with Crippen molar-refractivity contribution in [3.8, 4) is 0 Å². The highest BCUT2D eigenvalue weighted by atomic mass is 16.6. The van der Waals surface area contributed by atoms with Crippen LogP contribution in [0.25, 0.3) is 0 Å². The molecule has 0 bridgehead atoms. The van der Waals surface area contributed by atoms with Crippen molar-refractivity contribution in [3.63, 3.8) is 0 Å². The normalized spacial score (nSPS) is 16.2. The number of nitrogens with zero attached hydrogens (tertiary/aromatic N) is 4. The Labute approximate surface area is 155 Å². The number of carbonyl (C=O) groups is 1. The highest BCUT2D eigenvalue weighted by Crippen LogP contribution is 2.31. The van der Waals surface area contributed by atoms with E-state index in [-0.39, 0.29) is 11.7 Å². The number of hydrogen-bond acceptors (Lipinski definition) is 5. The van der Waals surface area contributed by atoms with Gasteiger partial charge in [0.15, 0.2) is 0 Å². The van der Waals surface area contributed by atoms with Crippen LogP contribution in [0.4, 0.5) is 16.2 Å². The second kappa shape index (κ2) is 6.91. The molecule has 1 N–H and O–H groups in total. The molecule has 27 heavy (non-hydrogen) atoms. The van der Waals surface area contributed by atoms with E-state index in [1.165, 1.54) is 17.0 Å². The average molecular weight is 363 g/mol. The fourth-order valence-electron chi connectivity index (χ4n) is 3.23. The van der Waals surface area contributed by atoms with E-state index in [9.17, 15) is 14.9 Å². The standard InChI is InChI=1S/C19H17N5O3/c25-19-22(12-14-4-2-8-20-11-14)13-15-5-3-9-21-18(15)23(19)16-6-1-7-17(10-16)24(26)27/h1-8,10-11,21H,9,12-13H2. The molecule has 4 rings (SSSR count). The number of amides is 2. The van der Waals surface area contributed by atoms with Gasteiger partial charge in [-0.05, 0) is 17.7 Å². The summed E-state index contributed by atoms with van der Waals surface area (Å²) in [4.78, 5) is 31.2. The van der Waals surface area contributed by atoms with Gasteiger partial charge in [0.25, 0.3) is 5.69 Å². The van der Waals surface area contributed by atoms with E-state index in [0.717, 1.165) is 11.1 Å². The molecule has 0 atom stereocenters. The third-order valence-electron chi connectivity index (χ3n) is 4.45. The first-order chi connectivity index (χ1) is 13.1. The molecule has 1 aromatic carbocycles. The lowest BCUT2D eigenvalue weighted by molar-refractivity contribution is -0.384. The molecule has 3 heterocycles. The predicted octanol–water partition coefficient (Wildman–Crippen LogP) is 2.80. The lowest BCUT2D eigenvalue weighted by Crippen LogP contribution is -2.51. The molecule has 0 radical (unpaired) electrons. The minimum absolute atomic E-state index is 0.0572. The Morgan fingerprint density at radius 3 is 2.93 bits per heavy atom. The molecule has 0 saturated heterocycles. The van der Waals surface area contributed by atoms with Crippen LogP contribution in [0.15, 0.2) is 72.3 Å². The number of urea groups is 1. The summed E-state index contributed by atoms with van der Waals surface area (Å²) >= 11 is 0. The molecule has 1 aromatic heterocycles. The van der Waals surface area contributed by atoms with Crippen molar-refractivity contribution in [1.29, 1.82) is 0 Å². The minimum Gasteiger partial charge on any atom is -0.367 e. The van der Waals surface area contributed by atoms with Gasteiger partial charge in [0.05, 0.1) is 17.2 Å². The van der Waals surface area contributed by atoms with Crippen LogP contribution in [0.5, 0.6) is 0 Å². The van der Waals surface area contributed by atoms with Gasteiger partial charge in [-0.25, -0.2) is 9.69 Å². The number of benzene rings is 1. The molecule has 2 aromatic rings. The summed E-state index contributed by atoms with van der Waals surface area (Å²) in [6.45, 7) is 1.46. The van der Waals surface area contributed by atoms with Gasteiger partial charge in [0.2, 0.25) is 0 Å². The zero-order valence-corrected chi connectivity index (χ0v) is 14.4. The molecule has 0 fully saturated rings. The van der Waals surface area contributed by atoms with E-state index >= 15 is 0 Å². The topological polar surface area (TPSA) is 91.6 Å². The molecule has 0 saturated carbocycles. The Hall–Kier alpha value is -3.68. The molecule has 0 unspecified atom stereocenters. The lowest BCUT2D eigenvalue weighted by atomic mass is 10.1. The van der Waals surface area contributed by atoms with E-state index in [0.29, 0.717) is 31.1 Å². The van der Waals surface area contributed by atoms with Crippen LogP contribution in [-0.2, 0) is 6.54 Å². The summed E-state index contributed by atoms with van der Waals surface area (Å²) in [5, 5.41) is 14.4. The minimum atomic E-state index is -0.463. The summed E-state index contributed by atoms with van der Waals surface area (Å²) < 4.78 is 0. The molecule has 2 aliphatic heterocycles. The molecular formula is C19H17N5O3. The predicted molar refractivity (Wildman–Crippen MR) is 99.8 cm³/mol. The largest absolute Gasteiger partial charge is 0.367 e. The maximum Gasteiger partial charge on any atom is 0.330 e. The number of nitro groups is 1. The first-order valence-electron chi connectivity index (χ1n) is 8.49. The molecule has 8 heteroatoms. The van der Waals surface area contributed by atoms with Gasteiger partial charge >= 0.3 is 6.03 Å². The fraction of sp³-hybridized carbons (Fsp3) is 0.158. The Bertz CT molecular complexity index is 955. The van der Waals surface area contributed by atoms with Crippen molar-refractivity contribution in [2.24, 2.45) is 0 Å². The number of non-ortho nitro benzene ring substituents is 1. The van der Waals surface area contributed by atoms with E-state index in [4.69, 9.17) is 0 Å². The summed E-state index contributed by atoms with van der Waals surface area (Å²) in [7, 11) is 0. The number of dihydropyridines is 1. The van der Waals surface area contributed by atoms with Gasteiger partial charge in [-0.1, -0.05) is 24.3 Å². The van der Waals surface area contributed by atoms with Gasteiger partial charge in [-0.15, -0.1) is 0 Å². The van der Waals surface area contributed by atoms with Crippen molar-refractivity contribution >= 4 is 17.4 Å². The number of nitro benzene ring substituents is 1. The van der Waals surface area contributed by atoms with Crippen LogP contribution < -0.4 is 10.2 Å². The summed E-state index contributed by atoms with van der Waals surface area (Å²) in [5.41, 5.74) is 2.27. The molecule has 2 amide bonds. The highest BCUT2D eigenvalue weighted by molar-refractivity contribution is 5.97. The SMILES string of the molecule is O=C1N(Cc2cccnc2)CC2=C(NCC=C2)N1c1cccc([N+](=O)[O-])c1. The van der Waals surface area contributed by atoms with E-state index in [1.54, 1.807) is 29.4 Å².